The molecule has 10 heteroatoms. The Bertz CT molecular complexity index is 1570. The van der Waals surface area contributed by atoms with Crippen LogP contribution in [0.5, 0.6) is 11.5 Å². The van der Waals surface area contributed by atoms with E-state index in [9.17, 15) is 14.9 Å². The molecule has 1 aliphatic rings. The van der Waals surface area contributed by atoms with Crippen molar-refractivity contribution in [3.63, 3.8) is 0 Å². The van der Waals surface area contributed by atoms with Crippen LogP contribution in [0.4, 0.5) is 5.82 Å². The van der Waals surface area contributed by atoms with Gasteiger partial charge >= 0.3 is 0 Å². The number of anilines is 1. The third-order valence-corrected chi connectivity index (χ3v) is 8.25. The van der Waals surface area contributed by atoms with Gasteiger partial charge in [-0.15, -0.1) is 0 Å². The van der Waals surface area contributed by atoms with E-state index < -0.39 is 0 Å². The number of amides is 1. The summed E-state index contributed by atoms with van der Waals surface area (Å²) in [6.07, 6.45) is 3.08. The van der Waals surface area contributed by atoms with Crippen molar-refractivity contribution in [1.82, 2.24) is 9.47 Å². The monoisotopic (exact) mass is 588 g/mol. The molecule has 1 fully saturated rings. The quantitative estimate of drug-likeness (QED) is 0.231. The van der Waals surface area contributed by atoms with Crippen LogP contribution in [0.1, 0.15) is 41.2 Å². The Labute approximate surface area is 249 Å². The number of nitrogens with one attached hydrogen (secondary N) is 1. The molecule has 8 nitrogen and oxygen atoms in total. The molecule has 0 saturated carbocycles. The van der Waals surface area contributed by atoms with Crippen molar-refractivity contribution in [3.8, 4) is 17.6 Å². The van der Waals surface area contributed by atoms with Crippen LogP contribution in [0.15, 0.2) is 58.2 Å². The lowest BCUT2D eigenvalue weighted by atomic mass is 10.0. The van der Waals surface area contributed by atoms with Gasteiger partial charge in [-0.1, -0.05) is 55.2 Å². The van der Waals surface area contributed by atoms with Gasteiger partial charge in [-0.05, 0) is 66.8 Å². The fraction of sp³-hybridized carbons (Fsp3) is 0.290. The van der Waals surface area contributed by atoms with Crippen molar-refractivity contribution in [2.24, 2.45) is 0 Å². The summed E-state index contributed by atoms with van der Waals surface area (Å²) in [5.74, 6) is 1.89. The van der Waals surface area contributed by atoms with Gasteiger partial charge in [-0.2, -0.15) is 5.26 Å². The van der Waals surface area contributed by atoms with Crippen LogP contribution in [0.25, 0.3) is 6.08 Å². The largest absolute Gasteiger partial charge is 0.497 e. The number of rotatable bonds is 11. The number of thiocarbonyl (C=S) groups is 1. The van der Waals surface area contributed by atoms with Gasteiger partial charge in [-0.25, -0.2) is 0 Å². The molecule has 0 bridgehead atoms. The average Bonchev–Trinajstić information content (AvgIpc) is 3.26. The Morgan fingerprint density at radius 2 is 1.61 bits per heavy atom. The van der Waals surface area contributed by atoms with Crippen LogP contribution in [0, 0.1) is 18.3 Å². The maximum atomic E-state index is 13.5. The van der Waals surface area contributed by atoms with E-state index in [0.717, 1.165) is 22.6 Å². The van der Waals surface area contributed by atoms with Crippen LogP contribution in [-0.2, 0) is 24.3 Å². The number of benzene rings is 2. The van der Waals surface area contributed by atoms with E-state index in [2.05, 4.69) is 11.4 Å². The summed E-state index contributed by atoms with van der Waals surface area (Å²) in [5, 5.41) is 13.3. The first kappa shape index (κ1) is 29.9. The van der Waals surface area contributed by atoms with Gasteiger partial charge in [0.2, 0.25) is 0 Å². The molecule has 0 spiro atoms. The topological polar surface area (TPSA) is 96.6 Å². The van der Waals surface area contributed by atoms with Crippen molar-refractivity contribution in [2.75, 3.05) is 26.1 Å². The smallest absolute Gasteiger partial charge is 0.270 e. The highest BCUT2D eigenvalue weighted by Crippen LogP contribution is 2.35. The van der Waals surface area contributed by atoms with Gasteiger partial charge in [0.1, 0.15) is 33.3 Å². The molecule has 0 atom stereocenters. The number of nitrogens with zero attached hydrogens (tertiary/aromatic N) is 3. The predicted molar refractivity (Wildman–Crippen MR) is 167 cm³/mol. The van der Waals surface area contributed by atoms with Crippen LogP contribution < -0.4 is 20.3 Å². The van der Waals surface area contributed by atoms with Gasteiger partial charge in [0.25, 0.3) is 11.5 Å². The molecular weight excluding hydrogens is 556 g/mol. The maximum absolute atomic E-state index is 13.5. The molecular formula is C31H32N4O4S2. The lowest BCUT2D eigenvalue weighted by Crippen LogP contribution is -2.30. The summed E-state index contributed by atoms with van der Waals surface area (Å²) in [6.45, 7) is 5.00. The van der Waals surface area contributed by atoms with E-state index >= 15 is 0 Å². The van der Waals surface area contributed by atoms with Crippen molar-refractivity contribution in [3.05, 3.63) is 91.6 Å². The molecule has 4 rings (SSSR count). The van der Waals surface area contributed by atoms with E-state index in [4.69, 9.17) is 21.7 Å². The molecule has 2 aromatic carbocycles. The SMILES string of the molecule is CCCn1c(NCc2ccc(OC)cc2)c(/C=C2/SC(=S)N(CCc3ccc(OC)cc3)C2=O)c(C)c(C#N)c1=O. The Morgan fingerprint density at radius 1 is 1.00 bits per heavy atom. The molecule has 0 unspecified atom stereocenters. The zero-order valence-electron chi connectivity index (χ0n) is 23.5. The number of ether oxygens (including phenoxy) is 2. The summed E-state index contributed by atoms with van der Waals surface area (Å²) < 4.78 is 12.5. The van der Waals surface area contributed by atoms with Gasteiger partial charge in [0, 0.05) is 25.2 Å². The summed E-state index contributed by atoms with van der Waals surface area (Å²) >= 11 is 6.81. The van der Waals surface area contributed by atoms with Crippen molar-refractivity contribution in [1.29, 1.82) is 5.26 Å². The first-order chi connectivity index (χ1) is 19.8. The number of nitriles is 1. The van der Waals surface area contributed by atoms with Crippen LogP contribution >= 0.6 is 24.0 Å². The van der Waals surface area contributed by atoms with E-state index in [0.29, 0.717) is 58.6 Å². The molecule has 212 valence electrons. The second-order valence-electron chi connectivity index (χ2n) is 9.46. The second kappa shape index (κ2) is 13.5. The second-order valence-corrected chi connectivity index (χ2v) is 11.1. The molecule has 3 aromatic rings. The zero-order chi connectivity index (χ0) is 29.5. The van der Waals surface area contributed by atoms with Gasteiger partial charge in [-0.3, -0.25) is 19.1 Å². The maximum Gasteiger partial charge on any atom is 0.270 e. The minimum Gasteiger partial charge on any atom is -0.497 e. The van der Waals surface area contributed by atoms with Gasteiger partial charge in [0.05, 0.1) is 19.1 Å². The number of pyridine rings is 1. The molecule has 1 saturated heterocycles. The number of carbonyl (C=O) groups is 1. The highest BCUT2D eigenvalue weighted by molar-refractivity contribution is 8.26. The number of methoxy groups -OCH3 is 2. The number of thioether (sulfide) groups is 1. The summed E-state index contributed by atoms with van der Waals surface area (Å²) in [5.41, 5.74) is 2.90. The average molecular weight is 589 g/mol. The standard InChI is InChI=1S/C31H32N4O4S2/c1-5-15-34-28(33-19-22-8-12-24(39-4)13-9-22)25(20(2)26(18-32)29(34)36)17-27-30(37)35(31(40)41-27)16-14-21-6-10-23(38-3)11-7-21/h6-13,17,33H,5,14-16,19H2,1-4H3/b27-17+. The first-order valence-electron chi connectivity index (χ1n) is 13.2. The zero-order valence-corrected chi connectivity index (χ0v) is 25.2. The summed E-state index contributed by atoms with van der Waals surface area (Å²) in [6, 6.07) is 17.4. The predicted octanol–water partition coefficient (Wildman–Crippen LogP) is 5.51. The van der Waals surface area contributed by atoms with Gasteiger partial charge < -0.3 is 14.8 Å². The van der Waals surface area contributed by atoms with E-state index in [1.54, 1.807) is 36.7 Å². The van der Waals surface area contributed by atoms with E-state index in [1.807, 2.05) is 55.5 Å². The number of hydrogen-bond acceptors (Lipinski definition) is 8. The minimum atomic E-state index is -0.353. The van der Waals surface area contributed by atoms with Crippen molar-refractivity contribution < 1.29 is 14.3 Å². The molecule has 0 radical (unpaired) electrons. The molecule has 1 aromatic heterocycles. The lowest BCUT2D eigenvalue weighted by molar-refractivity contribution is -0.122. The highest BCUT2D eigenvalue weighted by Gasteiger charge is 2.32. The number of carbonyl (C=O) groups excluding carboxylic acids is 1. The molecule has 0 aliphatic carbocycles. The van der Waals surface area contributed by atoms with Crippen LogP contribution in [-0.4, -0.2) is 40.5 Å². The van der Waals surface area contributed by atoms with E-state index in [1.165, 1.54) is 11.8 Å². The number of hydrogen-bond donors (Lipinski definition) is 1. The van der Waals surface area contributed by atoms with Gasteiger partial charge in [0.15, 0.2) is 0 Å². The number of aromatic nitrogens is 1. The van der Waals surface area contributed by atoms with Crippen LogP contribution in [0.3, 0.4) is 0 Å². The highest BCUT2D eigenvalue weighted by atomic mass is 32.2. The van der Waals surface area contributed by atoms with E-state index in [-0.39, 0.29) is 17.0 Å². The molecule has 1 N–H and O–H groups in total. The Kier molecular flexibility index (Phi) is 9.86. The molecule has 2 heterocycles. The van der Waals surface area contributed by atoms with Crippen molar-refractivity contribution >= 4 is 46.1 Å². The minimum absolute atomic E-state index is 0.0645. The lowest BCUT2D eigenvalue weighted by Gasteiger charge is -2.20. The Morgan fingerprint density at radius 3 is 2.17 bits per heavy atom. The van der Waals surface area contributed by atoms with Crippen molar-refractivity contribution in [2.45, 2.75) is 39.8 Å². The fourth-order valence-corrected chi connectivity index (χ4v) is 5.87. The normalized spacial score (nSPS) is 13.9. The molecule has 41 heavy (non-hydrogen) atoms. The fourth-order valence-electron chi connectivity index (χ4n) is 4.58. The van der Waals surface area contributed by atoms with Crippen LogP contribution in [0.2, 0.25) is 0 Å². The Balaban J connectivity index is 1.67. The first-order valence-corrected chi connectivity index (χ1v) is 14.5. The summed E-state index contributed by atoms with van der Waals surface area (Å²) in [7, 11) is 3.24. The third-order valence-electron chi connectivity index (χ3n) is 6.87. The summed E-state index contributed by atoms with van der Waals surface area (Å²) in [4.78, 5) is 28.8. The third kappa shape index (κ3) is 6.64. The Hall–Kier alpha value is -4.07. The molecule has 1 aliphatic heterocycles. The molecule has 1 amide bonds.